The summed E-state index contributed by atoms with van der Waals surface area (Å²) >= 11 is 0. The Hall–Kier alpha value is -1.90. The van der Waals surface area contributed by atoms with Crippen LogP contribution >= 0.6 is 0 Å². The summed E-state index contributed by atoms with van der Waals surface area (Å²) in [7, 11) is 0. The summed E-state index contributed by atoms with van der Waals surface area (Å²) in [5, 5.41) is 3.40. The predicted molar refractivity (Wildman–Crippen MR) is 85.2 cm³/mol. The maximum absolute atomic E-state index is 4.72. The van der Waals surface area contributed by atoms with E-state index in [2.05, 4.69) is 56.2 Å². The topological polar surface area (TPSA) is 37.8 Å². The molecule has 1 aromatic heterocycles. The molecule has 0 radical (unpaired) electrons. The SMILES string of the molecule is CCCNc1nc(-c2cc(C)ccc2C)nc(C)c1C. The largest absolute Gasteiger partial charge is 0.370 e. The number of hydrogen-bond acceptors (Lipinski definition) is 3. The van der Waals surface area contributed by atoms with Gasteiger partial charge >= 0.3 is 0 Å². The Morgan fingerprint density at radius 1 is 1.05 bits per heavy atom. The first-order chi connectivity index (χ1) is 9.52. The fraction of sp³-hybridized carbons (Fsp3) is 0.412. The third-order valence-corrected chi connectivity index (χ3v) is 3.57. The van der Waals surface area contributed by atoms with Gasteiger partial charge in [-0.2, -0.15) is 0 Å². The van der Waals surface area contributed by atoms with E-state index in [9.17, 15) is 0 Å². The lowest BCUT2D eigenvalue weighted by Gasteiger charge is -2.13. The van der Waals surface area contributed by atoms with Crippen LogP contribution in [0.5, 0.6) is 0 Å². The van der Waals surface area contributed by atoms with Crippen LogP contribution in [0.25, 0.3) is 11.4 Å². The van der Waals surface area contributed by atoms with Gasteiger partial charge < -0.3 is 5.32 Å². The Morgan fingerprint density at radius 2 is 1.80 bits per heavy atom. The lowest BCUT2D eigenvalue weighted by atomic mass is 10.0. The van der Waals surface area contributed by atoms with Gasteiger partial charge in [-0.1, -0.05) is 24.6 Å². The van der Waals surface area contributed by atoms with Crippen LogP contribution in [-0.4, -0.2) is 16.5 Å². The van der Waals surface area contributed by atoms with Crippen molar-refractivity contribution in [3.05, 3.63) is 40.6 Å². The summed E-state index contributed by atoms with van der Waals surface area (Å²) in [5.74, 6) is 1.77. The maximum Gasteiger partial charge on any atom is 0.162 e. The molecule has 0 aliphatic carbocycles. The van der Waals surface area contributed by atoms with Crippen LogP contribution in [0.2, 0.25) is 0 Å². The van der Waals surface area contributed by atoms with Crippen LogP contribution in [0, 0.1) is 27.7 Å². The van der Waals surface area contributed by atoms with Gasteiger partial charge in [0.2, 0.25) is 0 Å². The number of hydrogen-bond donors (Lipinski definition) is 1. The van der Waals surface area contributed by atoms with E-state index in [1.807, 2.05) is 6.92 Å². The zero-order valence-electron chi connectivity index (χ0n) is 13.0. The van der Waals surface area contributed by atoms with Crippen molar-refractivity contribution in [3.8, 4) is 11.4 Å². The minimum atomic E-state index is 0.813. The highest BCUT2D eigenvalue weighted by atomic mass is 15.0. The highest BCUT2D eigenvalue weighted by Gasteiger charge is 2.11. The third kappa shape index (κ3) is 2.98. The van der Waals surface area contributed by atoms with Crippen LogP contribution in [0.3, 0.4) is 0 Å². The molecule has 0 aliphatic heterocycles. The van der Waals surface area contributed by atoms with Gasteiger partial charge in [-0.3, -0.25) is 0 Å². The van der Waals surface area contributed by atoms with E-state index in [0.29, 0.717) is 0 Å². The van der Waals surface area contributed by atoms with Crippen LogP contribution in [0.15, 0.2) is 18.2 Å². The standard InChI is InChI=1S/C17H23N3/c1-6-9-18-16-13(4)14(5)19-17(20-16)15-10-11(2)7-8-12(15)3/h7-8,10H,6,9H2,1-5H3,(H,18,19,20). The van der Waals surface area contributed by atoms with Gasteiger partial charge in [-0.05, 0) is 45.7 Å². The van der Waals surface area contributed by atoms with Gasteiger partial charge in [-0.15, -0.1) is 0 Å². The number of benzene rings is 1. The molecule has 1 N–H and O–H groups in total. The highest BCUT2D eigenvalue weighted by Crippen LogP contribution is 2.25. The van der Waals surface area contributed by atoms with Gasteiger partial charge in [0.1, 0.15) is 5.82 Å². The summed E-state index contributed by atoms with van der Waals surface area (Å²) in [6.07, 6.45) is 1.08. The summed E-state index contributed by atoms with van der Waals surface area (Å²) < 4.78 is 0. The molecule has 20 heavy (non-hydrogen) atoms. The molecule has 3 heteroatoms. The van der Waals surface area contributed by atoms with E-state index in [1.54, 1.807) is 0 Å². The highest BCUT2D eigenvalue weighted by molar-refractivity contribution is 5.64. The minimum Gasteiger partial charge on any atom is -0.370 e. The summed E-state index contributed by atoms with van der Waals surface area (Å²) in [6.45, 7) is 11.4. The van der Waals surface area contributed by atoms with Gasteiger partial charge in [0.05, 0.1) is 0 Å². The molecular formula is C17H23N3. The number of aromatic nitrogens is 2. The van der Waals surface area contributed by atoms with Crippen molar-refractivity contribution >= 4 is 5.82 Å². The van der Waals surface area contributed by atoms with Gasteiger partial charge in [0.15, 0.2) is 5.82 Å². The lowest BCUT2D eigenvalue weighted by Crippen LogP contribution is -2.08. The molecule has 0 saturated heterocycles. The average molecular weight is 269 g/mol. The molecule has 0 bridgehead atoms. The smallest absolute Gasteiger partial charge is 0.162 e. The Bertz CT molecular complexity index is 618. The first-order valence-corrected chi connectivity index (χ1v) is 7.19. The number of rotatable bonds is 4. The summed E-state index contributed by atoms with van der Waals surface area (Å²) in [4.78, 5) is 9.38. The fourth-order valence-electron chi connectivity index (χ4n) is 2.14. The van der Waals surface area contributed by atoms with Gasteiger partial charge in [-0.25, -0.2) is 9.97 Å². The zero-order valence-corrected chi connectivity index (χ0v) is 13.0. The lowest BCUT2D eigenvalue weighted by molar-refractivity contribution is 0.954. The Morgan fingerprint density at radius 3 is 2.50 bits per heavy atom. The summed E-state index contributed by atoms with van der Waals surface area (Å²) in [5.41, 5.74) is 5.73. The van der Waals surface area contributed by atoms with E-state index in [0.717, 1.165) is 41.4 Å². The van der Waals surface area contributed by atoms with Crippen LogP contribution < -0.4 is 5.32 Å². The summed E-state index contributed by atoms with van der Waals surface area (Å²) in [6, 6.07) is 6.40. The van der Waals surface area contributed by atoms with Crippen LogP contribution in [-0.2, 0) is 0 Å². The molecule has 2 rings (SSSR count). The van der Waals surface area contributed by atoms with Gasteiger partial charge in [0.25, 0.3) is 0 Å². The van der Waals surface area contributed by atoms with Crippen molar-refractivity contribution in [2.75, 3.05) is 11.9 Å². The predicted octanol–water partition coefficient (Wildman–Crippen LogP) is 4.20. The van der Waals surface area contributed by atoms with E-state index in [4.69, 9.17) is 4.98 Å². The Labute approximate surface area is 121 Å². The second-order valence-electron chi connectivity index (χ2n) is 5.35. The number of nitrogens with zero attached hydrogens (tertiary/aromatic N) is 2. The van der Waals surface area contributed by atoms with Crippen molar-refractivity contribution in [2.45, 2.75) is 41.0 Å². The molecule has 0 fully saturated rings. The molecule has 3 nitrogen and oxygen atoms in total. The molecule has 2 aromatic rings. The van der Waals surface area contributed by atoms with Gasteiger partial charge in [0, 0.05) is 23.4 Å². The van der Waals surface area contributed by atoms with E-state index < -0.39 is 0 Å². The zero-order chi connectivity index (χ0) is 14.7. The first kappa shape index (κ1) is 14.5. The molecule has 106 valence electrons. The van der Waals surface area contributed by atoms with Crippen molar-refractivity contribution in [2.24, 2.45) is 0 Å². The Kier molecular flexibility index (Phi) is 4.38. The first-order valence-electron chi connectivity index (χ1n) is 7.19. The van der Waals surface area contributed by atoms with E-state index in [-0.39, 0.29) is 0 Å². The molecule has 1 aromatic carbocycles. The molecular weight excluding hydrogens is 246 g/mol. The molecule has 0 spiro atoms. The number of aryl methyl sites for hydroxylation is 3. The molecule has 0 unspecified atom stereocenters. The molecule has 0 aliphatic rings. The molecule has 0 amide bonds. The van der Waals surface area contributed by atoms with Crippen molar-refractivity contribution in [1.82, 2.24) is 9.97 Å². The van der Waals surface area contributed by atoms with Crippen LogP contribution in [0.4, 0.5) is 5.82 Å². The monoisotopic (exact) mass is 269 g/mol. The van der Waals surface area contributed by atoms with Crippen molar-refractivity contribution in [3.63, 3.8) is 0 Å². The fourth-order valence-corrected chi connectivity index (χ4v) is 2.14. The van der Waals surface area contributed by atoms with Crippen LogP contribution in [0.1, 0.15) is 35.7 Å². The molecule has 0 saturated carbocycles. The minimum absolute atomic E-state index is 0.813. The molecule has 0 atom stereocenters. The van der Waals surface area contributed by atoms with Crippen molar-refractivity contribution in [1.29, 1.82) is 0 Å². The van der Waals surface area contributed by atoms with Crippen molar-refractivity contribution < 1.29 is 0 Å². The second-order valence-corrected chi connectivity index (χ2v) is 5.35. The number of nitrogens with one attached hydrogen (secondary N) is 1. The van der Waals surface area contributed by atoms with E-state index in [1.165, 1.54) is 11.1 Å². The third-order valence-electron chi connectivity index (χ3n) is 3.57. The quantitative estimate of drug-likeness (QED) is 0.904. The molecule has 1 heterocycles. The maximum atomic E-state index is 4.72. The second kappa shape index (κ2) is 6.04. The van der Waals surface area contributed by atoms with E-state index >= 15 is 0 Å². The normalized spacial score (nSPS) is 10.7. The average Bonchev–Trinajstić information content (AvgIpc) is 2.43. The Balaban J connectivity index is 2.51. The number of anilines is 1.